The molecule has 8 nitrogen and oxygen atoms in total. The molecule has 13 heteroatoms. The number of anilines is 1. The summed E-state index contributed by atoms with van der Waals surface area (Å²) in [5.74, 6) is -4.24. The average molecular weight is 522 g/mol. The topological polar surface area (TPSA) is 80.7 Å². The summed E-state index contributed by atoms with van der Waals surface area (Å²) in [6.45, 7) is 6.78. The van der Waals surface area contributed by atoms with E-state index in [9.17, 15) is 18.0 Å². The summed E-state index contributed by atoms with van der Waals surface area (Å²) in [4.78, 5) is 27.3. The van der Waals surface area contributed by atoms with Crippen LogP contribution in [0.4, 0.5) is 23.8 Å². The molecular weight excluding hydrogens is 495 g/mol. The number of amides is 1. The van der Waals surface area contributed by atoms with Gasteiger partial charge >= 0.3 is 6.09 Å². The molecule has 0 aliphatic carbocycles. The summed E-state index contributed by atoms with van der Waals surface area (Å²) in [5, 5.41) is -0.247. The van der Waals surface area contributed by atoms with Gasteiger partial charge in [0.25, 0.3) is 5.92 Å². The Balaban J connectivity index is 2.11. The standard InChI is InChI=1S/C21H27ClF3N5O3S/c1-11(2)32-17-12-14(13(23)15(22)27-17)26-18(34-6)28-16(12)29-7-8-30(10-21(24,25)9-29)19(31)33-20(3,4)5/h11H,7-10H2,1-6H3. The maximum absolute atomic E-state index is 15.0. The Morgan fingerprint density at radius 2 is 1.85 bits per heavy atom. The number of aromatic nitrogens is 3. The Labute approximate surface area is 205 Å². The van der Waals surface area contributed by atoms with Crippen LogP contribution in [0, 0.1) is 5.82 Å². The van der Waals surface area contributed by atoms with Crippen molar-refractivity contribution in [2.75, 3.05) is 37.3 Å². The van der Waals surface area contributed by atoms with Crippen LogP contribution in [0.1, 0.15) is 34.6 Å². The zero-order valence-corrected chi connectivity index (χ0v) is 21.4. The molecule has 0 radical (unpaired) electrons. The van der Waals surface area contributed by atoms with Crippen molar-refractivity contribution in [3.63, 3.8) is 0 Å². The second kappa shape index (κ2) is 9.80. The molecule has 0 atom stereocenters. The van der Waals surface area contributed by atoms with Crippen LogP contribution in [0.5, 0.6) is 5.88 Å². The number of carbonyl (C=O) groups excluding carboxylic acids is 1. The van der Waals surface area contributed by atoms with Gasteiger partial charge in [0.2, 0.25) is 5.88 Å². The third-order valence-corrected chi connectivity index (χ3v) is 5.44. The van der Waals surface area contributed by atoms with Crippen LogP contribution in [0.15, 0.2) is 5.16 Å². The molecule has 0 N–H and O–H groups in total. The molecule has 34 heavy (non-hydrogen) atoms. The number of nitrogens with zero attached hydrogens (tertiary/aromatic N) is 5. The molecule has 1 aliphatic rings. The van der Waals surface area contributed by atoms with Crippen molar-refractivity contribution >= 4 is 46.2 Å². The second-order valence-electron chi connectivity index (χ2n) is 9.13. The van der Waals surface area contributed by atoms with Crippen LogP contribution in [0.3, 0.4) is 0 Å². The van der Waals surface area contributed by atoms with E-state index in [1.54, 1.807) is 40.9 Å². The highest BCUT2D eigenvalue weighted by Crippen LogP contribution is 2.38. The predicted octanol–water partition coefficient (Wildman–Crippen LogP) is 5.02. The van der Waals surface area contributed by atoms with Gasteiger partial charge in [-0.2, -0.15) is 4.98 Å². The highest BCUT2D eigenvalue weighted by atomic mass is 35.5. The first-order chi connectivity index (χ1) is 15.7. The molecule has 0 spiro atoms. The molecule has 0 bridgehead atoms. The summed E-state index contributed by atoms with van der Waals surface area (Å²) in [5.41, 5.74) is -1.01. The van der Waals surface area contributed by atoms with E-state index in [4.69, 9.17) is 21.1 Å². The number of ether oxygens (including phenoxy) is 2. The molecule has 1 fully saturated rings. The summed E-state index contributed by atoms with van der Waals surface area (Å²) in [7, 11) is 0. The third kappa shape index (κ3) is 6.07. The molecule has 0 unspecified atom stereocenters. The maximum atomic E-state index is 15.0. The fourth-order valence-corrected chi connectivity index (χ4v) is 3.90. The number of rotatable bonds is 4. The van der Waals surface area contributed by atoms with Crippen LogP contribution in [0.2, 0.25) is 5.15 Å². The highest BCUT2D eigenvalue weighted by molar-refractivity contribution is 7.98. The highest BCUT2D eigenvalue weighted by Gasteiger charge is 2.41. The van der Waals surface area contributed by atoms with Crippen molar-refractivity contribution < 1.29 is 27.4 Å². The molecule has 1 saturated heterocycles. The number of fused-ring (bicyclic) bond motifs is 1. The van der Waals surface area contributed by atoms with Gasteiger partial charge in [0, 0.05) is 13.1 Å². The van der Waals surface area contributed by atoms with E-state index in [-0.39, 0.29) is 47.0 Å². The number of carbonyl (C=O) groups is 1. The number of halogens is 4. The van der Waals surface area contributed by atoms with E-state index in [0.717, 1.165) is 16.7 Å². The summed E-state index contributed by atoms with van der Waals surface area (Å²) in [6.07, 6.45) is 0.478. The van der Waals surface area contributed by atoms with Crippen molar-refractivity contribution in [1.29, 1.82) is 0 Å². The van der Waals surface area contributed by atoms with E-state index < -0.39 is 41.7 Å². The normalized spacial score (nSPS) is 16.7. The molecule has 3 rings (SSSR count). The number of pyridine rings is 1. The molecular formula is C21H27ClF3N5O3S. The van der Waals surface area contributed by atoms with Gasteiger partial charge in [0.05, 0.1) is 19.2 Å². The Morgan fingerprint density at radius 3 is 2.44 bits per heavy atom. The van der Waals surface area contributed by atoms with E-state index in [1.165, 1.54) is 4.90 Å². The zero-order chi connectivity index (χ0) is 25.4. The van der Waals surface area contributed by atoms with Crippen molar-refractivity contribution in [2.45, 2.75) is 57.4 Å². The summed E-state index contributed by atoms with van der Waals surface area (Å²) < 4.78 is 55.9. The Hall–Kier alpha value is -2.21. The van der Waals surface area contributed by atoms with Crippen LogP contribution in [-0.4, -0.2) is 76.0 Å². The molecule has 3 heterocycles. The van der Waals surface area contributed by atoms with Crippen LogP contribution < -0.4 is 9.64 Å². The summed E-state index contributed by atoms with van der Waals surface area (Å²) in [6, 6.07) is 0. The minimum Gasteiger partial charge on any atom is -0.474 e. The van der Waals surface area contributed by atoms with Crippen LogP contribution in [0.25, 0.3) is 10.9 Å². The number of alkyl halides is 2. The van der Waals surface area contributed by atoms with Crippen molar-refractivity contribution in [2.24, 2.45) is 0 Å². The second-order valence-corrected chi connectivity index (χ2v) is 10.3. The molecule has 188 valence electrons. The predicted molar refractivity (Wildman–Crippen MR) is 125 cm³/mol. The lowest BCUT2D eigenvalue weighted by Gasteiger charge is -2.27. The Morgan fingerprint density at radius 1 is 1.18 bits per heavy atom. The quantitative estimate of drug-likeness (QED) is 0.315. The van der Waals surface area contributed by atoms with Gasteiger partial charge in [-0.25, -0.2) is 27.9 Å². The Bertz CT molecular complexity index is 1080. The minimum absolute atomic E-state index is 0.0138. The van der Waals surface area contributed by atoms with Crippen LogP contribution >= 0.6 is 23.4 Å². The lowest BCUT2D eigenvalue weighted by atomic mass is 10.2. The molecule has 1 amide bonds. The van der Waals surface area contributed by atoms with Gasteiger partial charge in [-0.1, -0.05) is 23.4 Å². The molecule has 0 saturated carbocycles. The van der Waals surface area contributed by atoms with Gasteiger partial charge in [-0.15, -0.1) is 0 Å². The van der Waals surface area contributed by atoms with E-state index >= 15 is 0 Å². The van der Waals surface area contributed by atoms with Gasteiger partial charge < -0.3 is 19.3 Å². The first-order valence-corrected chi connectivity index (χ1v) is 12.2. The smallest absolute Gasteiger partial charge is 0.410 e. The summed E-state index contributed by atoms with van der Waals surface area (Å²) >= 11 is 7.08. The number of hydrogen-bond donors (Lipinski definition) is 0. The van der Waals surface area contributed by atoms with E-state index in [0.29, 0.717) is 0 Å². The lowest BCUT2D eigenvalue weighted by Crippen LogP contribution is -2.44. The van der Waals surface area contributed by atoms with Crippen LogP contribution in [-0.2, 0) is 4.74 Å². The SMILES string of the molecule is CSc1nc(N2CCN(C(=O)OC(C)(C)C)CC(F)(F)C2)c2c(OC(C)C)nc(Cl)c(F)c2n1. The van der Waals surface area contributed by atoms with Gasteiger partial charge in [0.1, 0.15) is 22.3 Å². The van der Waals surface area contributed by atoms with Gasteiger partial charge in [0.15, 0.2) is 16.1 Å². The molecule has 2 aromatic heterocycles. The van der Waals surface area contributed by atoms with Crippen molar-refractivity contribution in [3.8, 4) is 5.88 Å². The van der Waals surface area contributed by atoms with Gasteiger partial charge in [-0.05, 0) is 40.9 Å². The third-order valence-electron chi connectivity index (χ3n) is 4.64. The largest absolute Gasteiger partial charge is 0.474 e. The fourth-order valence-electron chi connectivity index (χ4n) is 3.38. The van der Waals surface area contributed by atoms with Crippen molar-refractivity contribution in [1.82, 2.24) is 19.9 Å². The lowest BCUT2D eigenvalue weighted by molar-refractivity contribution is -0.0285. The van der Waals surface area contributed by atoms with Crippen molar-refractivity contribution in [3.05, 3.63) is 11.0 Å². The maximum Gasteiger partial charge on any atom is 0.410 e. The molecule has 1 aliphatic heterocycles. The van der Waals surface area contributed by atoms with E-state index in [2.05, 4.69) is 15.0 Å². The van der Waals surface area contributed by atoms with E-state index in [1.807, 2.05) is 0 Å². The molecule has 2 aromatic rings. The first kappa shape index (κ1) is 26.4. The minimum atomic E-state index is -3.30. The monoisotopic (exact) mass is 521 g/mol. The number of thioether (sulfide) groups is 1. The fraction of sp³-hybridized carbons (Fsp3) is 0.619. The zero-order valence-electron chi connectivity index (χ0n) is 19.8. The average Bonchev–Trinajstić information content (AvgIpc) is 2.87. The van der Waals surface area contributed by atoms with Gasteiger partial charge in [-0.3, -0.25) is 0 Å². The molecule has 0 aromatic carbocycles. The first-order valence-electron chi connectivity index (χ1n) is 10.6. The number of hydrogen-bond acceptors (Lipinski definition) is 8. The Kier molecular flexibility index (Phi) is 7.61.